The molecule has 1 aliphatic heterocycles. The Morgan fingerprint density at radius 1 is 0.824 bits per heavy atom. The molecule has 1 aliphatic rings. The summed E-state index contributed by atoms with van der Waals surface area (Å²) >= 11 is 12.3. The lowest BCUT2D eigenvalue weighted by Crippen LogP contribution is -2.32. The first-order valence-corrected chi connectivity index (χ1v) is 11.2. The van der Waals surface area contributed by atoms with E-state index in [0.717, 1.165) is 27.3 Å². The van der Waals surface area contributed by atoms with Crippen molar-refractivity contribution >= 4 is 58.0 Å². The maximum atomic E-state index is 13.1. The highest BCUT2D eigenvalue weighted by molar-refractivity contribution is 6.53. The smallest absolute Gasteiger partial charge is 0.283 e. The maximum absolute atomic E-state index is 13.1. The Labute approximate surface area is 207 Å². The number of hydrogen-bond acceptors (Lipinski definition) is 4. The second kappa shape index (κ2) is 9.33. The topological polar surface area (TPSA) is 78.5 Å². The number of nitrogens with zero attached hydrogens (tertiary/aromatic N) is 1. The van der Waals surface area contributed by atoms with E-state index < -0.39 is 11.8 Å². The van der Waals surface area contributed by atoms with E-state index in [0.29, 0.717) is 22.0 Å². The van der Waals surface area contributed by atoms with Gasteiger partial charge in [-0.1, -0.05) is 47.5 Å². The average Bonchev–Trinajstić information content (AvgIpc) is 3.00. The van der Waals surface area contributed by atoms with E-state index >= 15 is 0 Å². The van der Waals surface area contributed by atoms with Gasteiger partial charge in [-0.25, -0.2) is 4.90 Å². The lowest BCUT2D eigenvalue weighted by atomic mass is 10.1. The van der Waals surface area contributed by atoms with Crippen molar-refractivity contribution in [1.29, 1.82) is 0 Å². The first kappa shape index (κ1) is 23.5. The fourth-order valence-corrected chi connectivity index (χ4v) is 3.96. The standard InChI is InChI=1S/C26H21Cl2N3O3/c1-14-7-8-15(2)20(11-14)30-24(32)17-10-9-16(3)21(12-17)29-23-22(28)25(33)31(26(23)34)19-6-4-5-18(27)13-19/h4-13,29H,1-3H3,(H,30,32). The molecule has 2 N–H and O–H groups in total. The summed E-state index contributed by atoms with van der Waals surface area (Å²) in [6.07, 6.45) is 0. The van der Waals surface area contributed by atoms with Crippen LogP contribution in [0, 0.1) is 20.8 Å². The average molecular weight is 494 g/mol. The van der Waals surface area contributed by atoms with Crippen LogP contribution in [0.25, 0.3) is 0 Å². The fraction of sp³-hybridized carbons (Fsp3) is 0.115. The predicted octanol–water partition coefficient (Wildman–Crippen LogP) is 5.95. The van der Waals surface area contributed by atoms with Gasteiger partial charge in [-0.2, -0.15) is 0 Å². The van der Waals surface area contributed by atoms with Gasteiger partial charge in [0.2, 0.25) is 0 Å². The van der Waals surface area contributed by atoms with Crippen LogP contribution in [0.3, 0.4) is 0 Å². The van der Waals surface area contributed by atoms with Crippen molar-refractivity contribution in [3.05, 3.63) is 98.7 Å². The molecule has 0 bridgehead atoms. The van der Waals surface area contributed by atoms with Crippen LogP contribution in [0.15, 0.2) is 71.4 Å². The van der Waals surface area contributed by atoms with Gasteiger partial charge in [-0.15, -0.1) is 0 Å². The highest BCUT2D eigenvalue weighted by Crippen LogP contribution is 2.32. The van der Waals surface area contributed by atoms with E-state index in [4.69, 9.17) is 23.2 Å². The van der Waals surface area contributed by atoms with Gasteiger partial charge in [0, 0.05) is 22.0 Å². The van der Waals surface area contributed by atoms with Gasteiger partial charge in [-0.05, 0) is 73.9 Å². The molecule has 8 heteroatoms. The molecular weight excluding hydrogens is 473 g/mol. The van der Waals surface area contributed by atoms with E-state index in [-0.39, 0.29) is 16.6 Å². The minimum absolute atomic E-state index is 0.0678. The van der Waals surface area contributed by atoms with Crippen molar-refractivity contribution in [2.45, 2.75) is 20.8 Å². The lowest BCUT2D eigenvalue weighted by molar-refractivity contribution is -0.120. The van der Waals surface area contributed by atoms with Crippen molar-refractivity contribution in [1.82, 2.24) is 0 Å². The SMILES string of the molecule is Cc1ccc(C)c(NC(=O)c2ccc(C)c(NC3=C(Cl)C(=O)N(c4cccc(Cl)c4)C3=O)c2)c1. The van der Waals surface area contributed by atoms with Crippen LogP contribution in [-0.2, 0) is 9.59 Å². The van der Waals surface area contributed by atoms with Crippen LogP contribution in [0.4, 0.5) is 17.1 Å². The van der Waals surface area contributed by atoms with Crippen LogP contribution in [0.1, 0.15) is 27.0 Å². The number of rotatable bonds is 5. The summed E-state index contributed by atoms with van der Waals surface area (Å²) in [5, 5.41) is 6.02. The first-order chi connectivity index (χ1) is 16.2. The zero-order valence-corrected chi connectivity index (χ0v) is 20.2. The Kier molecular flexibility index (Phi) is 6.46. The number of anilines is 3. The molecule has 0 saturated carbocycles. The fourth-order valence-electron chi connectivity index (χ4n) is 3.56. The summed E-state index contributed by atoms with van der Waals surface area (Å²) in [7, 11) is 0. The molecule has 0 saturated heterocycles. The van der Waals surface area contributed by atoms with Crippen molar-refractivity contribution in [3.8, 4) is 0 Å². The monoisotopic (exact) mass is 493 g/mol. The van der Waals surface area contributed by atoms with E-state index in [2.05, 4.69) is 10.6 Å². The normalized spacial score (nSPS) is 13.5. The molecule has 0 spiro atoms. The van der Waals surface area contributed by atoms with E-state index in [1.807, 2.05) is 39.0 Å². The summed E-state index contributed by atoms with van der Waals surface area (Å²) < 4.78 is 0. The highest BCUT2D eigenvalue weighted by Gasteiger charge is 2.39. The molecule has 172 valence electrons. The number of carbonyl (C=O) groups is 3. The number of halogens is 2. The second-order valence-electron chi connectivity index (χ2n) is 8.04. The Bertz CT molecular complexity index is 1380. The van der Waals surface area contributed by atoms with Gasteiger partial charge in [0.15, 0.2) is 0 Å². The van der Waals surface area contributed by atoms with Gasteiger partial charge in [0.05, 0.1) is 5.69 Å². The van der Waals surface area contributed by atoms with Crippen LogP contribution in [0.5, 0.6) is 0 Å². The van der Waals surface area contributed by atoms with Crippen molar-refractivity contribution in [2.24, 2.45) is 0 Å². The van der Waals surface area contributed by atoms with Gasteiger partial charge in [0.25, 0.3) is 17.7 Å². The molecule has 34 heavy (non-hydrogen) atoms. The van der Waals surface area contributed by atoms with E-state index in [1.54, 1.807) is 36.4 Å². The lowest BCUT2D eigenvalue weighted by Gasteiger charge is -2.16. The summed E-state index contributed by atoms with van der Waals surface area (Å²) in [6, 6.07) is 17.3. The molecule has 0 unspecified atom stereocenters. The molecule has 0 fully saturated rings. The quantitative estimate of drug-likeness (QED) is 0.430. The zero-order chi connectivity index (χ0) is 24.6. The molecule has 0 aromatic heterocycles. The van der Waals surface area contributed by atoms with Gasteiger partial charge in [0.1, 0.15) is 10.7 Å². The van der Waals surface area contributed by atoms with Crippen LogP contribution < -0.4 is 15.5 Å². The third-order valence-corrected chi connectivity index (χ3v) is 6.08. The minimum atomic E-state index is -0.655. The van der Waals surface area contributed by atoms with Crippen molar-refractivity contribution in [3.63, 3.8) is 0 Å². The molecule has 0 aliphatic carbocycles. The predicted molar refractivity (Wildman–Crippen MR) is 135 cm³/mol. The molecular formula is C26H21Cl2N3O3. The highest BCUT2D eigenvalue weighted by atomic mass is 35.5. The molecule has 3 aromatic carbocycles. The van der Waals surface area contributed by atoms with Crippen LogP contribution in [0.2, 0.25) is 5.02 Å². The summed E-state index contributed by atoms with van der Waals surface area (Å²) in [5.74, 6) is -1.56. The third kappa shape index (κ3) is 4.55. The summed E-state index contributed by atoms with van der Waals surface area (Å²) in [5.41, 5.74) is 4.57. The number of benzene rings is 3. The number of carbonyl (C=O) groups excluding carboxylic acids is 3. The Morgan fingerprint density at radius 3 is 2.26 bits per heavy atom. The molecule has 3 amide bonds. The third-order valence-electron chi connectivity index (χ3n) is 5.49. The number of amides is 3. The van der Waals surface area contributed by atoms with Gasteiger partial charge in [-0.3, -0.25) is 14.4 Å². The van der Waals surface area contributed by atoms with Crippen LogP contribution >= 0.6 is 23.2 Å². The van der Waals surface area contributed by atoms with E-state index in [9.17, 15) is 14.4 Å². The molecule has 3 aromatic rings. The molecule has 4 rings (SSSR count). The molecule has 6 nitrogen and oxygen atoms in total. The number of nitrogens with one attached hydrogen (secondary N) is 2. The first-order valence-electron chi connectivity index (χ1n) is 10.5. The molecule has 1 heterocycles. The largest absolute Gasteiger partial charge is 0.349 e. The Hall–Kier alpha value is -3.61. The molecule has 0 atom stereocenters. The molecule has 0 radical (unpaired) electrons. The van der Waals surface area contributed by atoms with Gasteiger partial charge >= 0.3 is 0 Å². The van der Waals surface area contributed by atoms with Gasteiger partial charge < -0.3 is 10.6 Å². The zero-order valence-electron chi connectivity index (χ0n) is 18.7. The summed E-state index contributed by atoms with van der Waals surface area (Å²) in [6.45, 7) is 5.69. The number of imide groups is 1. The van der Waals surface area contributed by atoms with Crippen molar-refractivity contribution in [2.75, 3.05) is 15.5 Å². The minimum Gasteiger partial charge on any atom is -0.349 e. The van der Waals surface area contributed by atoms with E-state index in [1.165, 1.54) is 6.07 Å². The maximum Gasteiger partial charge on any atom is 0.283 e. The summed E-state index contributed by atoms with van der Waals surface area (Å²) in [4.78, 5) is 39.7. The van der Waals surface area contributed by atoms with Crippen molar-refractivity contribution < 1.29 is 14.4 Å². The Morgan fingerprint density at radius 2 is 1.53 bits per heavy atom. The second-order valence-corrected chi connectivity index (χ2v) is 8.86. The van der Waals surface area contributed by atoms with Crippen LogP contribution in [-0.4, -0.2) is 17.7 Å². The number of aryl methyl sites for hydroxylation is 3. The number of hydrogen-bond donors (Lipinski definition) is 2. The Balaban J connectivity index is 1.60.